The van der Waals surface area contributed by atoms with Crippen molar-refractivity contribution in [3.8, 4) is 34.0 Å². The third-order valence-corrected chi connectivity index (χ3v) is 6.75. The van der Waals surface area contributed by atoms with Crippen LogP contribution in [0.15, 0.2) is 116 Å². The summed E-state index contributed by atoms with van der Waals surface area (Å²) in [6.45, 7) is 6.67. The Kier molecular flexibility index (Phi) is 5.69. The van der Waals surface area contributed by atoms with Gasteiger partial charge in [0.1, 0.15) is 11.5 Å². The molecular weight excluding hydrogens is 452 g/mol. The van der Waals surface area contributed by atoms with Crippen LogP contribution < -0.4 is 4.74 Å². The van der Waals surface area contributed by atoms with Crippen LogP contribution in [0.25, 0.3) is 44.1 Å². The first-order valence-electron chi connectivity index (χ1n) is 12.6. The molecule has 0 aliphatic heterocycles. The maximum Gasteiger partial charge on any atom is 0.128 e. The highest BCUT2D eigenvalue weighted by atomic mass is 16.5. The third-order valence-electron chi connectivity index (χ3n) is 6.75. The summed E-state index contributed by atoms with van der Waals surface area (Å²) in [5, 5.41) is 4.56. The van der Waals surface area contributed by atoms with E-state index >= 15 is 0 Å². The van der Waals surface area contributed by atoms with Crippen molar-refractivity contribution >= 4 is 21.5 Å². The van der Waals surface area contributed by atoms with Gasteiger partial charge in [-0.1, -0.05) is 81.4 Å². The van der Waals surface area contributed by atoms with Gasteiger partial charge in [-0.25, -0.2) is 0 Å². The second-order valence-electron chi connectivity index (χ2n) is 10.4. The van der Waals surface area contributed by atoms with Crippen molar-refractivity contribution < 1.29 is 4.74 Å². The number of aromatic nitrogens is 2. The summed E-state index contributed by atoms with van der Waals surface area (Å²) in [5.74, 6) is 1.55. The lowest BCUT2D eigenvalue weighted by Crippen LogP contribution is -2.11. The fraction of sp³-hybridized carbons (Fsp3) is 0.118. The molecule has 0 atom stereocenters. The molecule has 0 saturated heterocycles. The molecule has 0 aliphatic rings. The Morgan fingerprint density at radius 1 is 0.595 bits per heavy atom. The van der Waals surface area contributed by atoms with Crippen LogP contribution in [0.3, 0.4) is 0 Å². The summed E-state index contributed by atoms with van der Waals surface area (Å²) in [5.41, 5.74) is 5.27. The summed E-state index contributed by atoms with van der Waals surface area (Å²) in [6.07, 6.45) is 3.76. The standard InChI is InChI=1S/C34H28N2O/c1-34(2,3)26-16-18-35-32(21-26)31-22-28(19-24-10-5-6-13-29(24)31)37-27-12-8-11-25(20-27)33-30-14-7-4-9-23(30)15-17-36-33/h4-22H,1-3H3. The highest BCUT2D eigenvalue weighted by molar-refractivity contribution is 5.97. The number of nitrogens with zero attached hydrogens (tertiary/aromatic N) is 2. The lowest BCUT2D eigenvalue weighted by molar-refractivity contribution is 0.484. The number of benzene rings is 4. The number of ether oxygens (including phenoxy) is 1. The fourth-order valence-electron chi connectivity index (χ4n) is 4.79. The summed E-state index contributed by atoms with van der Waals surface area (Å²) < 4.78 is 6.46. The molecule has 0 saturated carbocycles. The monoisotopic (exact) mass is 480 g/mol. The molecule has 0 unspecified atom stereocenters. The van der Waals surface area contributed by atoms with E-state index in [1.807, 2.05) is 36.7 Å². The fourth-order valence-corrected chi connectivity index (χ4v) is 4.79. The third kappa shape index (κ3) is 4.56. The molecule has 0 aliphatic carbocycles. The van der Waals surface area contributed by atoms with Gasteiger partial charge in [-0.05, 0) is 69.6 Å². The van der Waals surface area contributed by atoms with E-state index < -0.39 is 0 Å². The Hall–Kier alpha value is -4.50. The molecule has 0 amide bonds. The first-order valence-corrected chi connectivity index (χ1v) is 12.6. The Bertz CT molecular complexity index is 1740. The number of pyridine rings is 2. The highest BCUT2D eigenvalue weighted by Crippen LogP contribution is 2.36. The van der Waals surface area contributed by atoms with Gasteiger partial charge >= 0.3 is 0 Å². The molecule has 3 nitrogen and oxygen atoms in total. The molecule has 180 valence electrons. The van der Waals surface area contributed by atoms with Crippen molar-refractivity contribution in [1.82, 2.24) is 9.97 Å². The second-order valence-corrected chi connectivity index (χ2v) is 10.4. The molecule has 6 aromatic rings. The van der Waals surface area contributed by atoms with Crippen LogP contribution >= 0.6 is 0 Å². The van der Waals surface area contributed by atoms with Gasteiger partial charge < -0.3 is 4.74 Å². The van der Waals surface area contributed by atoms with Gasteiger partial charge in [0.05, 0.1) is 11.4 Å². The molecule has 0 radical (unpaired) electrons. The molecular formula is C34H28N2O. The number of hydrogen-bond donors (Lipinski definition) is 0. The van der Waals surface area contributed by atoms with Crippen LogP contribution in [0.5, 0.6) is 11.5 Å². The summed E-state index contributed by atoms with van der Waals surface area (Å²) >= 11 is 0. The highest BCUT2D eigenvalue weighted by Gasteiger charge is 2.16. The Balaban J connectivity index is 1.42. The zero-order chi connectivity index (χ0) is 25.4. The van der Waals surface area contributed by atoms with Crippen molar-refractivity contribution in [2.75, 3.05) is 0 Å². The molecule has 37 heavy (non-hydrogen) atoms. The first kappa shape index (κ1) is 22.9. The second kappa shape index (κ2) is 9.18. The minimum atomic E-state index is 0.0394. The quantitative estimate of drug-likeness (QED) is 0.252. The summed E-state index contributed by atoms with van der Waals surface area (Å²) in [4.78, 5) is 9.42. The Morgan fingerprint density at radius 3 is 2.19 bits per heavy atom. The lowest BCUT2D eigenvalue weighted by Gasteiger charge is -2.20. The van der Waals surface area contributed by atoms with Gasteiger partial charge in [0.2, 0.25) is 0 Å². The molecule has 2 aromatic heterocycles. The number of fused-ring (bicyclic) bond motifs is 2. The van der Waals surface area contributed by atoms with Gasteiger partial charge in [-0.2, -0.15) is 0 Å². The van der Waals surface area contributed by atoms with Crippen molar-refractivity contribution in [3.05, 3.63) is 121 Å². The SMILES string of the molecule is CC(C)(C)c1ccnc(-c2cc(Oc3cccc(-c4nccc5ccccc45)c3)cc3ccccc23)c1. The van der Waals surface area contributed by atoms with E-state index in [9.17, 15) is 0 Å². The molecule has 0 spiro atoms. The van der Waals surface area contributed by atoms with Crippen LogP contribution in [0, 0.1) is 0 Å². The zero-order valence-corrected chi connectivity index (χ0v) is 21.3. The van der Waals surface area contributed by atoms with Crippen molar-refractivity contribution in [3.63, 3.8) is 0 Å². The average Bonchev–Trinajstić information content (AvgIpc) is 2.92. The van der Waals surface area contributed by atoms with Gasteiger partial charge in [0, 0.05) is 28.9 Å². The predicted octanol–water partition coefficient (Wildman–Crippen LogP) is 9.21. The van der Waals surface area contributed by atoms with E-state index in [1.54, 1.807) is 0 Å². The molecule has 0 bridgehead atoms. The molecule has 2 heterocycles. The zero-order valence-electron chi connectivity index (χ0n) is 21.3. The molecule has 6 rings (SSSR count). The largest absolute Gasteiger partial charge is 0.457 e. The Morgan fingerprint density at radius 2 is 1.35 bits per heavy atom. The topological polar surface area (TPSA) is 35.0 Å². The Labute approximate surface area is 217 Å². The van der Waals surface area contributed by atoms with Gasteiger partial charge in [-0.15, -0.1) is 0 Å². The van der Waals surface area contributed by atoms with E-state index in [0.717, 1.165) is 50.2 Å². The molecule has 0 N–H and O–H groups in total. The van der Waals surface area contributed by atoms with Crippen LogP contribution in [0.1, 0.15) is 26.3 Å². The van der Waals surface area contributed by atoms with Crippen LogP contribution in [-0.2, 0) is 5.41 Å². The minimum Gasteiger partial charge on any atom is -0.457 e. The maximum absolute atomic E-state index is 6.46. The average molecular weight is 481 g/mol. The summed E-state index contributed by atoms with van der Waals surface area (Å²) in [6, 6.07) is 35.4. The predicted molar refractivity (Wildman–Crippen MR) is 153 cm³/mol. The smallest absolute Gasteiger partial charge is 0.128 e. The van der Waals surface area contributed by atoms with Crippen molar-refractivity contribution in [1.29, 1.82) is 0 Å². The summed E-state index contributed by atoms with van der Waals surface area (Å²) in [7, 11) is 0. The number of rotatable bonds is 4. The normalized spacial score (nSPS) is 11.6. The molecule has 0 fully saturated rings. The van der Waals surface area contributed by atoms with Gasteiger partial charge in [-0.3, -0.25) is 9.97 Å². The van der Waals surface area contributed by atoms with E-state index in [4.69, 9.17) is 9.72 Å². The van der Waals surface area contributed by atoms with Crippen LogP contribution in [0.2, 0.25) is 0 Å². The maximum atomic E-state index is 6.46. The van der Waals surface area contributed by atoms with E-state index in [1.165, 1.54) is 10.9 Å². The van der Waals surface area contributed by atoms with E-state index in [-0.39, 0.29) is 5.41 Å². The minimum absolute atomic E-state index is 0.0394. The van der Waals surface area contributed by atoms with Crippen molar-refractivity contribution in [2.24, 2.45) is 0 Å². The van der Waals surface area contributed by atoms with Crippen molar-refractivity contribution in [2.45, 2.75) is 26.2 Å². The van der Waals surface area contributed by atoms with E-state index in [0.29, 0.717) is 0 Å². The van der Waals surface area contributed by atoms with E-state index in [2.05, 4.69) is 105 Å². The van der Waals surface area contributed by atoms with Gasteiger partial charge in [0.15, 0.2) is 0 Å². The van der Waals surface area contributed by atoms with Gasteiger partial charge in [0.25, 0.3) is 0 Å². The van der Waals surface area contributed by atoms with Crippen LogP contribution in [-0.4, -0.2) is 9.97 Å². The lowest BCUT2D eigenvalue weighted by atomic mass is 9.86. The first-order chi connectivity index (χ1) is 18.0. The molecule has 4 aromatic carbocycles. The van der Waals surface area contributed by atoms with Crippen LogP contribution in [0.4, 0.5) is 0 Å². The molecule has 3 heteroatoms. The number of hydrogen-bond acceptors (Lipinski definition) is 3.